The summed E-state index contributed by atoms with van der Waals surface area (Å²) >= 11 is 0. The Bertz CT molecular complexity index is 3650. The van der Waals surface area contributed by atoms with Gasteiger partial charge in [0.05, 0.1) is 22.2 Å². The van der Waals surface area contributed by atoms with Gasteiger partial charge >= 0.3 is 0 Å². The highest BCUT2D eigenvalue weighted by molar-refractivity contribution is 6.01. The number of benzene rings is 11. The largest absolute Gasteiger partial charge is 0.308 e. The van der Waals surface area contributed by atoms with E-state index in [2.05, 4.69) is 289 Å². The highest BCUT2D eigenvalue weighted by Gasteiger charge is 2.52. The van der Waals surface area contributed by atoms with Crippen LogP contribution in [0.1, 0.15) is 44.5 Å². The molecule has 3 aliphatic carbocycles. The maximum atomic E-state index is 2.54. The van der Waals surface area contributed by atoms with E-state index < -0.39 is 10.8 Å². The minimum atomic E-state index is -0.567. The van der Waals surface area contributed by atoms with E-state index in [4.69, 9.17) is 0 Å². The monoisotopic (exact) mass is 890 g/mol. The van der Waals surface area contributed by atoms with E-state index >= 15 is 0 Å². The Morgan fingerprint density at radius 2 is 0.514 bits per heavy atom. The van der Waals surface area contributed by atoms with Crippen LogP contribution in [0.25, 0.3) is 33.4 Å². The molecule has 2 heteroatoms. The van der Waals surface area contributed by atoms with E-state index in [1.54, 1.807) is 0 Å². The van der Waals surface area contributed by atoms with Crippen molar-refractivity contribution in [3.8, 4) is 33.4 Å². The number of hydrogen-bond donors (Lipinski definition) is 0. The standard InChI is InChI=1S/C68H46N2/c1-6-24-47(25-7-1)67(48-26-8-2-9-27-48)59-38-20-16-36-55(59)57-43-42-52(44-63(57)67)70(51-32-14-5-15-33-51)65-45-58-56-37-19-23-41-62(56)68(60-39-21-17-34-53(60)54-35-18-22-40-61(54)68)64(58)46-66(65)69(49-28-10-3-11-29-49)50-30-12-4-13-31-50/h1-46H. The summed E-state index contributed by atoms with van der Waals surface area (Å²) in [6, 6.07) is 104. The maximum Gasteiger partial charge on any atom is 0.0726 e. The van der Waals surface area contributed by atoms with Crippen molar-refractivity contribution in [2.24, 2.45) is 0 Å². The van der Waals surface area contributed by atoms with E-state index in [9.17, 15) is 0 Å². The van der Waals surface area contributed by atoms with Crippen LogP contribution in [0.4, 0.5) is 34.1 Å². The van der Waals surface area contributed by atoms with Gasteiger partial charge in [-0.05, 0) is 139 Å². The van der Waals surface area contributed by atoms with E-state index in [1.807, 2.05) is 0 Å². The third kappa shape index (κ3) is 5.62. The van der Waals surface area contributed by atoms with Gasteiger partial charge in [-0.15, -0.1) is 0 Å². The molecule has 0 atom stereocenters. The molecule has 11 aromatic rings. The van der Waals surface area contributed by atoms with Crippen LogP contribution in [-0.2, 0) is 10.8 Å². The van der Waals surface area contributed by atoms with E-state index in [-0.39, 0.29) is 0 Å². The molecule has 11 aromatic carbocycles. The van der Waals surface area contributed by atoms with Gasteiger partial charge in [-0.1, -0.05) is 218 Å². The number of rotatable bonds is 8. The van der Waals surface area contributed by atoms with Gasteiger partial charge in [0.2, 0.25) is 0 Å². The van der Waals surface area contributed by atoms with Crippen molar-refractivity contribution in [2.45, 2.75) is 10.8 Å². The quantitative estimate of drug-likeness (QED) is 0.150. The van der Waals surface area contributed by atoms with Gasteiger partial charge < -0.3 is 9.80 Å². The summed E-state index contributed by atoms with van der Waals surface area (Å²) in [4.78, 5) is 4.99. The molecule has 0 radical (unpaired) electrons. The first-order valence-corrected chi connectivity index (χ1v) is 24.3. The lowest BCUT2D eigenvalue weighted by molar-refractivity contribution is 0.768. The molecule has 0 aliphatic heterocycles. The average Bonchev–Trinajstić information content (AvgIpc) is 4.02. The zero-order valence-corrected chi connectivity index (χ0v) is 38.5. The topological polar surface area (TPSA) is 6.48 Å². The van der Waals surface area contributed by atoms with Crippen LogP contribution >= 0.6 is 0 Å². The normalized spacial score (nSPS) is 13.7. The fourth-order valence-electron chi connectivity index (χ4n) is 12.6. The molecule has 0 unspecified atom stereocenters. The molecule has 0 fully saturated rings. The van der Waals surface area contributed by atoms with Crippen LogP contribution in [0.2, 0.25) is 0 Å². The number of nitrogens with zero attached hydrogens (tertiary/aromatic N) is 2. The molecule has 0 bridgehead atoms. The Kier molecular flexibility index (Phi) is 9.06. The fraction of sp³-hybridized carbons (Fsp3) is 0.0294. The summed E-state index contributed by atoms with van der Waals surface area (Å²) < 4.78 is 0. The van der Waals surface area contributed by atoms with E-state index in [1.165, 1.54) is 77.9 Å². The van der Waals surface area contributed by atoms with Gasteiger partial charge in [0, 0.05) is 22.7 Å². The number of anilines is 6. The van der Waals surface area contributed by atoms with Crippen molar-refractivity contribution < 1.29 is 0 Å². The highest BCUT2D eigenvalue weighted by Crippen LogP contribution is 2.65. The summed E-state index contributed by atoms with van der Waals surface area (Å²) in [5, 5.41) is 0. The van der Waals surface area contributed by atoms with Crippen molar-refractivity contribution in [3.05, 3.63) is 324 Å². The summed E-state index contributed by atoms with van der Waals surface area (Å²) in [5.41, 5.74) is 23.2. The van der Waals surface area contributed by atoms with E-state index in [0.29, 0.717) is 0 Å². The van der Waals surface area contributed by atoms with Gasteiger partial charge in [0.1, 0.15) is 0 Å². The second kappa shape index (κ2) is 15.8. The molecule has 14 rings (SSSR count). The van der Waals surface area contributed by atoms with Crippen molar-refractivity contribution >= 4 is 34.1 Å². The van der Waals surface area contributed by atoms with E-state index in [0.717, 1.165) is 34.1 Å². The van der Waals surface area contributed by atoms with Crippen LogP contribution in [-0.4, -0.2) is 0 Å². The lowest BCUT2D eigenvalue weighted by Crippen LogP contribution is -2.28. The third-order valence-corrected chi connectivity index (χ3v) is 15.3. The Morgan fingerprint density at radius 3 is 0.957 bits per heavy atom. The van der Waals surface area contributed by atoms with Gasteiger partial charge in [-0.25, -0.2) is 0 Å². The maximum absolute atomic E-state index is 2.54. The molecule has 0 heterocycles. The summed E-state index contributed by atoms with van der Waals surface area (Å²) in [6.45, 7) is 0. The van der Waals surface area contributed by atoms with Crippen LogP contribution in [0.5, 0.6) is 0 Å². The molecule has 0 aromatic heterocycles. The Hall–Kier alpha value is -8.98. The van der Waals surface area contributed by atoms with Gasteiger partial charge in [0.15, 0.2) is 0 Å². The van der Waals surface area contributed by atoms with Crippen molar-refractivity contribution in [1.29, 1.82) is 0 Å². The summed E-state index contributed by atoms with van der Waals surface area (Å²) in [6.07, 6.45) is 0. The molecular weight excluding hydrogens is 845 g/mol. The zero-order chi connectivity index (χ0) is 46.2. The zero-order valence-electron chi connectivity index (χ0n) is 38.5. The Morgan fingerprint density at radius 1 is 0.200 bits per heavy atom. The minimum Gasteiger partial charge on any atom is -0.308 e. The molecule has 2 nitrogen and oxygen atoms in total. The van der Waals surface area contributed by atoms with Gasteiger partial charge in [-0.2, -0.15) is 0 Å². The van der Waals surface area contributed by atoms with Crippen molar-refractivity contribution in [2.75, 3.05) is 9.80 Å². The first-order valence-electron chi connectivity index (χ1n) is 24.3. The first-order chi connectivity index (χ1) is 34.8. The summed E-state index contributed by atoms with van der Waals surface area (Å²) in [5.74, 6) is 0. The average molecular weight is 891 g/mol. The predicted molar refractivity (Wildman–Crippen MR) is 289 cm³/mol. The first kappa shape index (κ1) is 40.1. The molecule has 1 spiro atoms. The number of fused-ring (bicyclic) bond motifs is 13. The SMILES string of the molecule is c1ccc(N(c2ccc3c(c2)C(c2ccccc2)(c2ccccc2)c2ccccc2-3)c2cc3c(cc2N(c2ccccc2)c2ccccc2)C2(c4ccccc4-c4ccccc42)c2ccccc2-3)cc1. The number of para-hydroxylation sites is 3. The molecule has 0 amide bonds. The molecular formula is C68H46N2. The summed E-state index contributed by atoms with van der Waals surface area (Å²) in [7, 11) is 0. The minimum absolute atomic E-state index is 0.534. The highest BCUT2D eigenvalue weighted by atomic mass is 15.2. The fourth-order valence-corrected chi connectivity index (χ4v) is 12.6. The Balaban J connectivity index is 1.11. The van der Waals surface area contributed by atoms with Gasteiger partial charge in [-0.3, -0.25) is 0 Å². The third-order valence-electron chi connectivity index (χ3n) is 15.3. The molecule has 0 saturated heterocycles. The van der Waals surface area contributed by atoms with Crippen LogP contribution in [0.3, 0.4) is 0 Å². The molecule has 0 N–H and O–H groups in total. The number of hydrogen-bond acceptors (Lipinski definition) is 2. The lowest BCUT2D eigenvalue weighted by atomic mass is 9.67. The van der Waals surface area contributed by atoms with Crippen LogP contribution in [0.15, 0.2) is 279 Å². The smallest absolute Gasteiger partial charge is 0.0726 e. The second-order valence-corrected chi connectivity index (χ2v) is 18.7. The molecule has 3 aliphatic rings. The molecule has 328 valence electrons. The second-order valence-electron chi connectivity index (χ2n) is 18.7. The molecule has 0 saturated carbocycles. The van der Waals surface area contributed by atoms with Crippen molar-refractivity contribution in [1.82, 2.24) is 0 Å². The van der Waals surface area contributed by atoms with Crippen LogP contribution in [0, 0.1) is 0 Å². The van der Waals surface area contributed by atoms with Gasteiger partial charge in [0.25, 0.3) is 0 Å². The van der Waals surface area contributed by atoms with Crippen LogP contribution < -0.4 is 9.80 Å². The lowest BCUT2D eigenvalue weighted by Gasteiger charge is -2.37. The van der Waals surface area contributed by atoms with Crippen molar-refractivity contribution in [3.63, 3.8) is 0 Å². The predicted octanol–water partition coefficient (Wildman–Crippen LogP) is 17.3. The Labute approximate surface area is 409 Å². The molecule has 70 heavy (non-hydrogen) atoms.